The van der Waals surface area contributed by atoms with Crippen molar-refractivity contribution in [1.29, 1.82) is 0 Å². The summed E-state index contributed by atoms with van der Waals surface area (Å²) in [5.41, 5.74) is 1.04. The summed E-state index contributed by atoms with van der Waals surface area (Å²) in [6, 6.07) is -0.659. The number of thioether (sulfide) groups is 1. The second-order valence-corrected chi connectivity index (χ2v) is 8.31. The number of hydrogen-bond acceptors (Lipinski definition) is 8. The Morgan fingerprint density at radius 2 is 2.15 bits per heavy atom. The third-order valence-corrected chi connectivity index (χ3v) is 5.60. The fourth-order valence-corrected chi connectivity index (χ4v) is 4.07. The first-order valence-corrected chi connectivity index (χ1v) is 10.4. The molecular formula is C16H25N5O3S2. The van der Waals surface area contributed by atoms with E-state index in [9.17, 15) is 9.59 Å². The van der Waals surface area contributed by atoms with Crippen LogP contribution >= 0.6 is 23.1 Å². The summed E-state index contributed by atoms with van der Waals surface area (Å²) in [4.78, 5) is 24.2. The van der Waals surface area contributed by atoms with Gasteiger partial charge in [0, 0.05) is 18.0 Å². The van der Waals surface area contributed by atoms with Crippen molar-refractivity contribution in [1.82, 2.24) is 20.8 Å². The predicted octanol–water partition coefficient (Wildman–Crippen LogP) is 2.61. The summed E-state index contributed by atoms with van der Waals surface area (Å²) in [6.45, 7) is 9.03. The molecule has 0 spiro atoms. The number of aromatic nitrogens is 2. The maximum absolute atomic E-state index is 12.3. The van der Waals surface area contributed by atoms with Crippen LogP contribution < -0.4 is 16.0 Å². The molecule has 0 saturated heterocycles. The average molecular weight is 400 g/mol. The number of ether oxygens (including phenoxy) is 1. The first kappa shape index (κ1) is 20.5. The molecule has 1 aliphatic rings. The number of nitrogens with one attached hydrogen (secondary N) is 3. The molecule has 1 aliphatic heterocycles. The number of amides is 2. The number of carbonyl (C=O) groups excluding carboxylic acids is 2. The lowest BCUT2D eigenvalue weighted by Gasteiger charge is -2.28. The maximum atomic E-state index is 12.3. The van der Waals surface area contributed by atoms with Crippen LogP contribution in [0.2, 0.25) is 0 Å². The van der Waals surface area contributed by atoms with Gasteiger partial charge in [0.15, 0.2) is 4.34 Å². The minimum atomic E-state index is -0.404. The molecule has 0 aromatic carbocycles. The van der Waals surface area contributed by atoms with Crippen LogP contribution in [0.5, 0.6) is 0 Å². The molecule has 0 aliphatic carbocycles. The Hall–Kier alpha value is -1.81. The Balaban J connectivity index is 2.10. The zero-order valence-corrected chi connectivity index (χ0v) is 17.1. The largest absolute Gasteiger partial charge is 0.463 e. The maximum Gasteiger partial charge on any atom is 0.337 e. The molecule has 2 rings (SSSR count). The van der Waals surface area contributed by atoms with E-state index in [1.807, 2.05) is 6.92 Å². The van der Waals surface area contributed by atoms with E-state index in [1.54, 1.807) is 6.92 Å². The second-order valence-electron chi connectivity index (χ2n) is 6.11. The van der Waals surface area contributed by atoms with Crippen molar-refractivity contribution >= 4 is 40.2 Å². The van der Waals surface area contributed by atoms with Gasteiger partial charge in [-0.15, -0.1) is 10.2 Å². The summed E-state index contributed by atoms with van der Waals surface area (Å²) in [6.07, 6.45) is 0.609. The lowest BCUT2D eigenvalue weighted by atomic mass is 10.0. The minimum Gasteiger partial charge on any atom is -0.463 e. The predicted molar refractivity (Wildman–Crippen MR) is 103 cm³/mol. The molecule has 2 amide bonds. The fraction of sp³-hybridized carbons (Fsp3) is 0.625. The lowest BCUT2D eigenvalue weighted by Crippen LogP contribution is -2.50. The van der Waals surface area contributed by atoms with Crippen LogP contribution in [0.25, 0.3) is 0 Å². The molecule has 8 nitrogen and oxygen atoms in total. The van der Waals surface area contributed by atoms with Gasteiger partial charge in [-0.05, 0) is 19.3 Å². The van der Waals surface area contributed by atoms with Crippen LogP contribution in [0.1, 0.15) is 34.1 Å². The molecule has 1 aromatic rings. The Bertz CT molecular complexity index is 675. The highest BCUT2D eigenvalue weighted by Crippen LogP contribution is 2.29. The summed E-state index contributed by atoms with van der Waals surface area (Å²) < 4.78 is 5.93. The van der Waals surface area contributed by atoms with Gasteiger partial charge in [-0.2, -0.15) is 0 Å². The van der Waals surface area contributed by atoms with Crippen LogP contribution in [0.15, 0.2) is 15.6 Å². The second kappa shape index (κ2) is 9.77. The van der Waals surface area contributed by atoms with Crippen molar-refractivity contribution in [2.75, 3.05) is 24.2 Å². The molecular weight excluding hydrogens is 374 g/mol. The van der Waals surface area contributed by atoms with Gasteiger partial charge in [0.2, 0.25) is 5.13 Å². The van der Waals surface area contributed by atoms with Crippen LogP contribution in [0.4, 0.5) is 9.93 Å². The zero-order valence-electron chi connectivity index (χ0n) is 15.4. The van der Waals surface area contributed by atoms with Gasteiger partial charge >= 0.3 is 12.0 Å². The normalized spacial score (nSPS) is 17.1. The summed E-state index contributed by atoms with van der Waals surface area (Å²) in [7, 11) is 0. The Morgan fingerprint density at radius 3 is 2.81 bits per heavy atom. The minimum absolute atomic E-state index is 0.286. The van der Waals surface area contributed by atoms with Crippen molar-refractivity contribution in [2.24, 2.45) is 5.92 Å². The molecule has 0 fully saturated rings. The number of carbonyl (C=O) groups is 2. The van der Waals surface area contributed by atoms with Crippen molar-refractivity contribution in [3.63, 3.8) is 0 Å². The SMILES string of the molecule is CCOC(=O)C1=C(CSc2nnc(NCC(C)C)s2)NC(=O)N[C@H]1CC. The zero-order chi connectivity index (χ0) is 19.1. The van der Waals surface area contributed by atoms with Crippen LogP contribution in [-0.4, -0.2) is 47.1 Å². The van der Waals surface area contributed by atoms with Gasteiger partial charge in [0.1, 0.15) is 0 Å². The number of hydrogen-bond donors (Lipinski definition) is 3. The molecule has 0 saturated carbocycles. The topological polar surface area (TPSA) is 105 Å². The molecule has 10 heteroatoms. The van der Waals surface area contributed by atoms with E-state index in [4.69, 9.17) is 4.74 Å². The highest BCUT2D eigenvalue weighted by Gasteiger charge is 2.31. The number of anilines is 1. The molecule has 1 atom stereocenters. The van der Waals surface area contributed by atoms with Gasteiger partial charge in [-0.1, -0.05) is 43.9 Å². The van der Waals surface area contributed by atoms with Crippen LogP contribution in [0.3, 0.4) is 0 Å². The third-order valence-electron chi connectivity index (χ3n) is 3.55. The van der Waals surface area contributed by atoms with Crippen molar-refractivity contribution < 1.29 is 14.3 Å². The Morgan fingerprint density at radius 1 is 1.38 bits per heavy atom. The van der Waals surface area contributed by atoms with Gasteiger partial charge in [-0.25, -0.2) is 9.59 Å². The molecule has 0 bridgehead atoms. The highest BCUT2D eigenvalue weighted by molar-refractivity contribution is 8.01. The standard InChI is InChI=1S/C16H25N5O3S2/c1-5-10-12(13(22)24-6-2)11(19-14(23)18-10)8-25-16-21-20-15(26-16)17-7-9(3)4/h9-10H,5-8H2,1-4H3,(H,17,20)(H2,18,19,23)/t10-/m0/s1. The summed E-state index contributed by atoms with van der Waals surface area (Å²) >= 11 is 2.89. The van der Waals surface area contributed by atoms with Crippen molar-refractivity contribution in [3.8, 4) is 0 Å². The first-order chi connectivity index (χ1) is 12.4. The van der Waals surface area contributed by atoms with Crippen molar-refractivity contribution in [2.45, 2.75) is 44.5 Å². The molecule has 26 heavy (non-hydrogen) atoms. The Kier molecular flexibility index (Phi) is 7.70. The van der Waals surface area contributed by atoms with E-state index in [1.165, 1.54) is 23.1 Å². The van der Waals surface area contributed by atoms with Crippen LogP contribution in [-0.2, 0) is 9.53 Å². The lowest BCUT2D eigenvalue weighted by molar-refractivity contribution is -0.139. The molecule has 0 unspecified atom stereocenters. The molecule has 3 N–H and O–H groups in total. The first-order valence-electron chi connectivity index (χ1n) is 8.62. The number of nitrogens with zero attached hydrogens (tertiary/aromatic N) is 2. The summed E-state index contributed by atoms with van der Waals surface area (Å²) in [5, 5.41) is 17.8. The van der Waals surface area contributed by atoms with E-state index in [0.717, 1.165) is 16.0 Å². The van der Waals surface area contributed by atoms with Gasteiger partial charge < -0.3 is 20.7 Å². The Labute approximate surface area is 161 Å². The van der Waals surface area contributed by atoms with E-state index >= 15 is 0 Å². The van der Waals surface area contributed by atoms with E-state index in [-0.39, 0.29) is 18.7 Å². The smallest absolute Gasteiger partial charge is 0.337 e. The molecule has 2 heterocycles. The molecule has 1 aromatic heterocycles. The monoisotopic (exact) mass is 399 g/mol. The third kappa shape index (κ3) is 5.60. The fourth-order valence-electron chi connectivity index (χ4n) is 2.34. The quantitative estimate of drug-likeness (QED) is 0.433. The van der Waals surface area contributed by atoms with Crippen LogP contribution in [0, 0.1) is 5.92 Å². The summed E-state index contributed by atoms with van der Waals surface area (Å²) in [5.74, 6) is 0.527. The van der Waals surface area contributed by atoms with Gasteiger partial charge in [0.05, 0.1) is 18.2 Å². The van der Waals surface area contributed by atoms with E-state index < -0.39 is 5.97 Å². The number of rotatable bonds is 9. The highest BCUT2D eigenvalue weighted by atomic mass is 32.2. The average Bonchev–Trinajstić information content (AvgIpc) is 3.05. The molecule has 0 radical (unpaired) electrons. The van der Waals surface area contributed by atoms with Crippen molar-refractivity contribution in [3.05, 3.63) is 11.3 Å². The number of urea groups is 1. The van der Waals surface area contributed by atoms with Gasteiger partial charge in [-0.3, -0.25) is 0 Å². The molecule has 144 valence electrons. The van der Waals surface area contributed by atoms with Gasteiger partial charge in [0.25, 0.3) is 0 Å². The number of esters is 1. The van der Waals surface area contributed by atoms with E-state index in [2.05, 4.69) is 40.0 Å². The van der Waals surface area contributed by atoms with E-state index in [0.29, 0.717) is 29.4 Å².